The van der Waals surface area contributed by atoms with E-state index in [2.05, 4.69) is 15.4 Å². The van der Waals surface area contributed by atoms with E-state index in [0.29, 0.717) is 22.0 Å². The van der Waals surface area contributed by atoms with E-state index < -0.39 is 30.4 Å². The lowest BCUT2D eigenvalue weighted by Gasteiger charge is -2.22. The first-order valence-electron chi connectivity index (χ1n) is 9.69. The largest absolute Gasteiger partial charge is 0.418 e. The summed E-state index contributed by atoms with van der Waals surface area (Å²) < 4.78 is 55.6. The number of aromatic nitrogens is 3. The van der Waals surface area contributed by atoms with Crippen LogP contribution in [0.5, 0.6) is 0 Å². The second-order valence-electron chi connectivity index (χ2n) is 7.21. The van der Waals surface area contributed by atoms with Gasteiger partial charge in [-0.05, 0) is 29.3 Å². The van der Waals surface area contributed by atoms with Crippen molar-refractivity contribution in [2.24, 2.45) is 7.05 Å². The van der Waals surface area contributed by atoms with Gasteiger partial charge in [0, 0.05) is 18.6 Å². The third kappa shape index (κ3) is 4.05. The van der Waals surface area contributed by atoms with Crippen LogP contribution in [0.3, 0.4) is 0 Å². The third-order valence-corrected chi connectivity index (χ3v) is 5.13. The average molecular weight is 442 g/mol. The molecule has 0 saturated heterocycles. The molecule has 0 aliphatic carbocycles. The topological polar surface area (TPSA) is 59.8 Å². The third-order valence-electron chi connectivity index (χ3n) is 5.13. The van der Waals surface area contributed by atoms with Gasteiger partial charge in [-0.15, -0.1) is 0 Å². The van der Waals surface area contributed by atoms with Crippen molar-refractivity contribution < 1.29 is 22.4 Å². The molecule has 1 amide bonds. The molecule has 0 spiro atoms. The molecule has 4 aromatic rings. The molecule has 164 valence electrons. The number of fused-ring (bicyclic) bond motifs is 1. The van der Waals surface area contributed by atoms with Crippen LogP contribution in [-0.4, -0.2) is 20.7 Å². The fourth-order valence-electron chi connectivity index (χ4n) is 3.58. The number of carbonyl (C=O) groups is 1. The molecule has 0 aliphatic rings. The smallest absolute Gasteiger partial charge is 0.338 e. The molecule has 1 atom stereocenters. The number of halogens is 4. The molecule has 0 radical (unpaired) electrons. The summed E-state index contributed by atoms with van der Waals surface area (Å²) >= 11 is 0. The van der Waals surface area contributed by atoms with Crippen molar-refractivity contribution in [2.75, 3.05) is 0 Å². The predicted octanol–water partition coefficient (Wildman–Crippen LogP) is 4.98. The van der Waals surface area contributed by atoms with Crippen LogP contribution in [0.25, 0.3) is 10.9 Å². The predicted molar refractivity (Wildman–Crippen MR) is 111 cm³/mol. The summed E-state index contributed by atoms with van der Waals surface area (Å²) in [6, 6.07) is 13.8. The lowest BCUT2D eigenvalue weighted by Crippen LogP contribution is -2.32. The highest BCUT2D eigenvalue weighted by Crippen LogP contribution is 2.35. The quantitative estimate of drug-likeness (QED) is 0.444. The number of pyridine rings is 1. The zero-order chi connectivity index (χ0) is 22.9. The van der Waals surface area contributed by atoms with Gasteiger partial charge >= 0.3 is 6.18 Å². The maximum Gasteiger partial charge on any atom is 0.418 e. The van der Waals surface area contributed by atoms with E-state index in [-0.39, 0.29) is 11.4 Å². The number of hydrogen-bond donors (Lipinski definition) is 1. The van der Waals surface area contributed by atoms with Gasteiger partial charge in [-0.25, -0.2) is 4.39 Å². The van der Waals surface area contributed by atoms with Crippen LogP contribution in [0, 0.1) is 0 Å². The molecular formula is C23H18F4N4O. The van der Waals surface area contributed by atoms with Crippen LogP contribution in [-0.2, 0) is 19.9 Å². The number of nitrogens with zero attached hydrogens (tertiary/aromatic N) is 3. The Bertz CT molecular complexity index is 1270. The minimum Gasteiger partial charge on any atom is -0.338 e. The highest BCUT2D eigenvalue weighted by molar-refractivity contribution is 6.05. The number of nitrogens with one attached hydrogen (secondary N) is 1. The first kappa shape index (κ1) is 21.5. The van der Waals surface area contributed by atoms with Crippen LogP contribution >= 0.6 is 0 Å². The zero-order valence-electron chi connectivity index (χ0n) is 16.9. The standard InChI is InChI=1S/C23H18F4N4O/c1-31-18-7-3-2-5-16(18)20(30-31)22(32)29-19(15-10-8-14(13-24)9-11-15)21-17(23(25,26)27)6-4-12-28-21/h2-12,19H,13H2,1H3,(H,29,32). The highest BCUT2D eigenvalue weighted by Gasteiger charge is 2.37. The van der Waals surface area contributed by atoms with Gasteiger partial charge in [0.2, 0.25) is 0 Å². The van der Waals surface area contributed by atoms with Crippen molar-refractivity contribution in [3.8, 4) is 0 Å². The van der Waals surface area contributed by atoms with Crippen molar-refractivity contribution in [1.29, 1.82) is 0 Å². The molecule has 0 fully saturated rings. The van der Waals surface area contributed by atoms with E-state index in [1.54, 1.807) is 31.3 Å². The first-order valence-corrected chi connectivity index (χ1v) is 9.69. The van der Waals surface area contributed by atoms with Gasteiger partial charge < -0.3 is 5.32 Å². The lowest BCUT2D eigenvalue weighted by molar-refractivity contribution is -0.138. The number of carbonyl (C=O) groups excluding carboxylic acids is 1. The fourth-order valence-corrected chi connectivity index (χ4v) is 3.58. The Morgan fingerprint density at radius 2 is 1.78 bits per heavy atom. The summed E-state index contributed by atoms with van der Waals surface area (Å²) in [5, 5.41) is 7.46. The summed E-state index contributed by atoms with van der Waals surface area (Å²) in [5.41, 5.74) is 0.159. The molecule has 4 rings (SSSR count). The number of benzene rings is 2. The maximum atomic E-state index is 13.7. The minimum absolute atomic E-state index is 0.0815. The minimum atomic E-state index is -4.68. The Labute approximate surface area is 180 Å². The van der Waals surface area contributed by atoms with Crippen LogP contribution in [0.4, 0.5) is 17.6 Å². The van der Waals surface area contributed by atoms with Crippen molar-refractivity contribution in [3.05, 3.63) is 94.9 Å². The van der Waals surface area contributed by atoms with E-state index in [0.717, 1.165) is 6.07 Å². The Kier molecular flexibility index (Phi) is 5.65. The van der Waals surface area contributed by atoms with E-state index >= 15 is 0 Å². The molecular weight excluding hydrogens is 424 g/mol. The van der Waals surface area contributed by atoms with Crippen molar-refractivity contribution in [1.82, 2.24) is 20.1 Å². The molecule has 32 heavy (non-hydrogen) atoms. The summed E-state index contributed by atoms with van der Waals surface area (Å²) in [6.45, 7) is -0.714. The maximum absolute atomic E-state index is 13.7. The molecule has 2 heterocycles. The molecule has 1 N–H and O–H groups in total. The second kappa shape index (κ2) is 8.41. The second-order valence-corrected chi connectivity index (χ2v) is 7.21. The van der Waals surface area contributed by atoms with E-state index in [1.165, 1.54) is 41.2 Å². The Balaban J connectivity index is 1.80. The molecule has 2 aromatic carbocycles. The number of rotatable bonds is 5. The Morgan fingerprint density at radius 3 is 2.47 bits per heavy atom. The molecule has 0 saturated carbocycles. The highest BCUT2D eigenvalue weighted by atomic mass is 19.4. The van der Waals surface area contributed by atoms with Gasteiger partial charge in [0.1, 0.15) is 6.67 Å². The van der Waals surface area contributed by atoms with Gasteiger partial charge in [-0.1, -0.05) is 42.5 Å². The zero-order valence-corrected chi connectivity index (χ0v) is 16.9. The van der Waals surface area contributed by atoms with E-state index in [4.69, 9.17) is 0 Å². The lowest BCUT2D eigenvalue weighted by atomic mass is 9.97. The number of amides is 1. The number of hydrogen-bond acceptors (Lipinski definition) is 3. The van der Waals surface area contributed by atoms with Gasteiger partial charge in [0.05, 0.1) is 22.8 Å². The van der Waals surface area contributed by atoms with Gasteiger partial charge in [0.25, 0.3) is 5.91 Å². The van der Waals surface area contributed by atoms with Crippen LogP contribution in [0.1, 0.15) is 38.9 Å². The average Bonchev–Trinajstić information content (AvgIpc) is 3.14. The molecule has 9 heteroatoms. The summed E-state index contributed by atoms with van der Waals surface area (Å²) in [7, 11) is 1.67. The van der Waals surface area contributed by atoms with E-state index in [1.807, 2.05) is 0 Å². The fraction of sp³-hybridized carbons (Fsp3) is 0.174. The summed E-state index contributed by atoms with van der Waals surface area (Å²) in [6.07, 6.45) is -3.45. The molecule has 5 nitrogen and oxygen atoms in total. The van der Waals surface area contributed by atoms with Gasteiger partial charge in [-0.3, -0.25) is 14.5 Å². The van der Waals surface area contributed by atoms with Crippen LogP contribution in [0.2, 0.25) is 0 Å². The number of alkyl halides is 4. The van der Waals surface area contributed by atoms with Crippen LogP contribution in [0.15, 0.2) is 66.9 Å². The Morgan fingerprint density at radius 1 is 1.06 bits per heavy atom. The Hall–Kier alpha value is -3.75. The molecule has 0 aliphatic heterocycles. The van der Waals surface area contributed by atoms with Crippen molar-refractivity contribution in [3.63, 3.8) is 0 Å². The molecule has 0 bridgehead atoms. The van der Waals surface area contributed by atoms with E-state index in [9.17, 15) is 22.4 Å². The number of aryl methyl sites for hydroxylation is 1. The van der Waals surface area contributed by atoms with Crippen molar-refractivity contribution >= 4 is 16.8 Å². The van der Waals surface area contributed by atoms with Gasteiger partial charge in [0.15, 0.2) is 5.69 Å². The van der Waals surface area contributed by atoms with Gasteiger partial charge in [-0.2, -0.15) is 18.3 Å². The first-order chi connectivity index (χ1) is 15.3. The summed E-state index contributed by atoms with van der Waals surface area (Å²) in [4.78, 5) is 17.1. The normalized spacial score (nSPS) is 12.7. The van der Waals surface area contributed by atoms with Crippen molar-refractivity contribution in [2.45, 2.75) is 18.9 Å². The van der Waals surface area contributed by atoms with Crippen LogP contribution < -0.4 is 5.32 Å². The summed E-state index contributed by atoms with van der Waals surface area (Å²) in [5.74, 6) is -0.653. The molecule has 2 aromatic heterocycles. The monoisotopic (exact) mass is 442 g/mol. The molecule has 1 unspecified atom stereocenters. The SMILES string of the molecule is Cn1nc(C(=O)NC(c2ccc(CF)cc2)c2ncccc2C(F)(F)F)c2ccccc21. The number of para-hydroxylation sites is 1.